The molecule has 0 radical (unpaired) electrons. The molecule has 4 rings (SSSR count). The molecule has 31 heavy (non-hydrogen) atoms. The molecule has 0 saturated heterocycles. The lowest BCUT2D eigenvalue weighted by Crippen LogP contribution is -2.10. The van der Waals surface area contributed by atoms with Crippen LogP contribution in [0.25, 0.3) is 33.8 Å². The maximum atomic E-state index is 11.4. The van der Waals surface area contributed by atoms with Crippen LogP contribution in [0.4, 0.5) is 5.69 Å². The lowest BCUT2D eigenvalue weighted by Gasteiger charge is -2.10. The van der Waals surface area contributed by atoms with Crippen LogP contribution in [0.1, 0.15) is 10.4 Å². The minimum absolute atomic E-state index is 0.0109. The Morgan fingerprint density at radius 2 is 1.48 bits per heavy atom. The number of non-ortho nitro benzene ring substituents is 1. The fourth-order valence-corrected chi connectivity index (χ4v) is 3.32. The van der Waals surface area contributed by atoms with Crippen LogP contribution in [0.5, 0.6) is 0 Å². The summed E-state index contributed by atoms with van der Waals surface area (Å²) in [5.41, 5.74) is 10.2. The molecule has 1 amide bonds. The first kappa shape index (κ1) is 20.4. The number of nitro groups is 1. The van der Waals surface area contributed by atoms with Crippen molar-refractivity contribution in [3.63, 3.8) is 0 Å². The highest BCUT2D eigenvalue weighted by atomic mass is 79.9. The van der Waals surface area contributed by atoms with Gasteiger partial charge in [-0.2, -0.15) is 0 Å². The fraction of sp³-hybridized carbons (Fsp3) is 0. The van der Waals surface area contributed by atoms with Crippen molar-refractivity contribution in [2.24, 2.45) is 5.73 Å². The largest absolute Gasteiger partial charge is 0.366 e. The molecule has 2 aromatic carbocycles. The van der Waals surface area contributed by atoms with Gasteiger partial charge in [-0.15, -0.1) is 0 Å². The number of amides is 1. The number of hydrogen-bond donors (Lipinski definition) is 1. The number of hydrogen-bond acceptors (Lipinski definition) is 5. The predicted molar refractivity (Wildman–Crippen MR) is 121 cm³/mol. The van der Waals surface area contributed by atoms with Crippen molar-refractivity contribution in [3.05, 3.63) is 99.1 Å². The third-order valence-corrected chi connectivity index (χ3v) is 5.16. The Bertz CT molecular complexity index is 1200. The van der Waals surface area contributed by atoms with E-state index in [1.807, 2.05) is 36.4 Å². The van der Waals surface area contributed by atoms with Crippen molar-refractivity contribution in [2.75, 3.05) is 0 Å². The van der Waals surface area contributed by atoms with Crippen molar-refractivity contribution >= 4 is 27.5 Å². The number of primary amides is 1. The third kappa shape index (κ3) is 4.49. The normalized spacial score (nSPS) is 10.6. The van der Waals surface area contributed by atoms with E-state index in [0.717, 1.165) is 21.2 Å². The summed E-state index contributed by atoms with van der Waals surface area (Å²) < 4.78 is 0.852. The number of aromatic nitrogens is 2. The molecule has 8 heteroatoms. The highest BCUT2D eigenvalue weighted by Gasteiger charge is 2.12. The van der Waals surface area contributed by atoms with E-state index in [-0.39, 0.29) is 5.69 Å². The summed E-state index contributed by atoms with van der Waals surface area (Å²) in [4.78, 5) is 31.1. The standard InChI is InChI=1S/C23H15BrN4O3/c24-18-7-10-20(26-13-18)22-12-17(14-1-3-16(4-2-14)23(25)29)11-21(27-22)15-5-8-19(9-6-15)28(30)31/h1-13H,(H2,25,29). The number of nitrogens with two attached hydrogens (primary N) is 1. The molecule has 2 aromatic heterocycles. The Morgan fingerprint density at radius 1 is 0.839 bits per heavy atom. The van der Waals surface area contributed by atoms with Crippen molar-refractivity contribution < 1.29 is 9.72 Å². The van der Waals surface area contributed by atoms with Gasteiger partial charge in [0.05, 0.1) is 22.0 Å². The molecule has 0 unspecified atom stereocenters. The van der Waals surface area contributed by atoms with E-state index in [1.54, 1.807) is 30.5 Å². The number of benzene rings is 2. The molecule has 2 N–H and O–H groups in total. The zero-order valence-electron chi connectivity index (χ0n) is 16.0. The molecule has 0 atom stereocenters. The van der Waals surface area contributed by atoms with Gasteiger partial charge in [-0.1, -0.05) is 12.1 Å². The van der Waals surface area contributed by atoms with Gasteiger partial charge in [0.2, 0.25) is 5.91 Å². The molecule has 152 valence electrons. The Labute approximate surface area is 185 Å². The van der Waals surface area contributed by atoms with Crippen LogP contribution >= 0.6 is 15.9 Å². The lowest BCUT2D eigenvalue weighted by atomic mass is 10.00. The average Bonchev–Trinajstić information content (AvgIpc) is 2.79. The van der Waals surface area contributed by atoms with E-state index in [1.165, 1.54) is 12.1 Å². The topological polar surface area (TPSA) is 112 Å². The molecule has 7 nitrogen and oxygen atoms in total. The second kappa shape index (κ2) is 8.45. The number of carbonyl (C=O) groups excluding carboxylic acids is 1. The van der Waals surface area contributed by atoms with Gasteiger partial charge in [0.1, 0.15) is 0 Å². The lowest BCUT2D eigenvalue weighted by molar-refractivity contribution is -0.384. The summed E-state index contributed by atoms with van der Waals surface area (Å²) in [6, 6.07) is 20.7. The molecule has 0 saturated carbocycles. The van der Waals surface area contributed by atoms with Crippen LogP contribution < -0.4 is 5.73 Å². The summed E-state index contributed by atoms with van der Waals surface area (Å²) in [6.07, 6.45) is 1.69. The highest BCUT2D eigenvalue weighted by Crippen LogP contribution is 2.30. The summed E-state index contributed by atoms with van der Waals surface area (Å²) in [5.74, 6) is -0.493. The van der Waals surface area contributed by atoms with Crippen LogP contribution in [-0.2, 0) is 0 Å². The van der Waals surface area contributed by atoms with E-state index in [0.29, 0.717) is 22.6 Å². The summed E-state index contributed by atoms with van der Waals surface area (Å²) in [5, 5.41) is 11.0. The number of rotatable bonds is 5. The third-order valence-electron chi connectivity index (χ3n) is 4.69. The Balaban J connectivity index is 1.84. The second-order valence-corrected chi connectivity index (χ2v) is 7.65. The first-order chi connectivity index (χ1) is 14.9. The molecular weight excluding hydrogens is 460 g/mol. The highest BCUT2D eigenvalue weighted by molar-refractivity contribution is 9.10. The molecular formula is C23H15BrN4O3. The van der Waals surface area contributed by atoms with E-state index < -0.39 is 10.8 Å². The monoisotopic (exact) mass is 474 g/mol. The van der Waals surface area contributed by atoms with Crippen LogP contribution in [0.15, 0.2) is 83.5 Å². The van der Waals surface area contributed by atoms with Crippen molar-refractivity contribution in [3.8, 4) is 33.8 Å². The number of nitrogens with zero attached hydrogens (tertiary/aromatic N) is 3. The molecule has 0 aliphatic heterocycles. The second-order valence-electron chi connectivity index (χ2n) is 6.73. The minimum atomic E-state index is -0.493. The Morgan fingerprint density at radius 3 is 2.06 bits per heavy atom. The van der Waals surface area contributed by atoms with Gasteiger partial charge in [-0.25, -0.2) is 4.98 Å². The van der Waals surface area contributed by atoms with Gasteiger partial charge >= 0.3 is 0 Å². The van der Waals surface area contributed by atoms with Gasteiger partial charge in [0.25, 0.3) is 5.69 Å². The molecule has 2 heterocycles. The van der Waals surface area contributed by atoms with Gasteiger partial charge in [-0.3, -0.25) is 19.9 Å². The van der Waals surface area contributed by atoms with Crippen LogP contribution in [-0.4, -0.2) is 20.8 Å². The maximum Gasteiger partial charge on any atom is 0.269 e. The van der Waals surface area contributed by atoms with Gasteiger partial charge in [-0.05, 0) is 75.6 Å². The van der Waals surface area contributed by atoms with Crippen molar-refractivity contribution in [1.82, 2.24) is 9.97 Å². The first-order valence-electron chi connectivity index (χ1n) is 9.20. The van der Waals surface area contributed by atoms with E-state index >= 15 is 0 Å². The van der Waals surface area contributed by atoms with Crippen molar-refractivity contribution in [1.29, 1.82) is 0 Å². The van der Waals surface area contributed by atoms with E-state index in [4.69, 9.17) is 10.7 Å². The maximum absolute atomic E-state index is 11.4. The summed E-state index contributed by atoms with van der Waals surface area (Å²) in [6.45, 7) is 0. The summed E-state index contributed by atoms with van der Waals surface area (Å²) >= 11 is 3.38. The zero-order valence-corrected chi connectivity index (χ0v) is 17.6. The number of carbonyl (C=O) groups is 1. The Kier molecular flexibility index (Phi) is 5.55. The summed E-state index contributed by atoms with van der Waals surface area (Å²) in [7, 11) is 0. The molecule has 4 aromatic rings. The molecule has 0 spiro atoms. The molecule has 0 aliphatic carbocycles. The minimum Gasteiger partial charge on any atom is -0.366 e. The first-order valence-corrected chi connectivity index (χ1v) is 9.99. The Hall–Kier alpha value is -3.91. The number of pyridine rings is 2. The quantitative estimate of drug-likeness (QED) is 0.313. The molecule has 0 aliphatic rings. The van der Waals surface area contributed by atoms with Crippen molar-refractivity contribution in [2.45, 2.75) is 0 Å². The van der Waals surface area contributed by atoms with Gasteiger partial charge in [0, 0.05) is 33.9 Å². The SMILES string of the molecule is NC(=O)c1ccc(-c2cc(-c3ccc([N+](=O)[O-])cc3)nc(-c3ccc(Br)cn3)c2)cc1. The zero-order chi connectivity index (χ0) is 22.0. The average molecular weight is 475 g/mol. The van der Waals surface area contributed by atoms with E-state index in [2.05, 4.69) is 20.9 Å². The number of nitro benzene ring substituents is 1. The van der Waals surface area contributed by atoms with Gasteiger partial charge < -0.3 is 5.73 Å². The molecule has 0 bridgehead atoms. The van der Waals surface area contributed by atoms with E-state index in [9.17, 15) is 14.9 Å². The smallest absolute Gasteiger partial charge is 0.269 e. The van der Waals surface area contributed by atoms with Crippen LogP contribution in [0, 0.1) is 10.1 Å². The predicted octanol–water partition coefficient (Wildman–Crippen LogP) is 5.25. The fourth-order valence-electron chi connectivity index (χ4n) is 3.08. The van der Waals surface area contributed by atoms with Crippen LogP contribution in [0.3, 0.4) is 0 Å². The van der Waals surface area contributed by atoms with Crippen LogP contribution in [0.2, 0.25) is 0 Å². The van der Waals surface area contributed by atoms with Gasteiger partial charge in [0.15, 0.2) is 0 Å². The number of halogens is 1. The molecule has 0 fully saturated rings.